The van der Waals surface area contributed by atoms with Gasteiger partial charge in [-0.1, -0.05) is 31.5 Å². The SMILES string of the molecule is CCCC(C)(O)CCc1ccccc1OC. The van der Waals surface area contributed by atoms with Crippen molar-refractivity contribution in [2.45, 2.75) is 45.1 Å². The Labute approximate surface area is 98.3 Å². The van der Waals surface area contributed by atoms with Crippen molar-refractivity contribution in [3.8, 4) is 5.75 Å². The quantitative estimate of drug-likeness (QED) is 0.801. The van der Waals surface area contributed by atoms with Crippen LogP contribution in [0, 0.1) is 0 Å². The third-order valence-corrected chi connectivity index (χ3v) is 2.91. The van der Waals surface area contributed by atoms with Crippen molar-refractivity contribution in [2.75, 3.05) is 7.11 Å². The molecule has 0 radical (unpaired) electrons. The molecule has 0 aliphatic rings. The van der Waals surface area contributed by atoms with Crippen LogP contribution in [0.3, 0.4) is 0 Å². The Hall–Kier alpha value is -1.02. The van der Waals surface area contributed by atoms with Gasteiger partial charge in [0.05, 0.1) is 12.7 Å². The number of benzene rings is 1. The maximum absolute atomic E-state index is 10.1. The molecule has 1 atom stereocenters. The third kappa shape index (κ3) is 3.86. The van der Waals surface area contributed by atoms with E-state index in [1.165, 1.54) is 5.56 Å². The zero-order valence-electron chi connectivity index (χ0n) is 10.5. The van der Waals surface area contributed by atoms with E-state index in [1.807, 2.05) is 25.1 Å². The van der Waals surface area contributed by atoms with E-state index in [2.05, 4.69) is 13.0 Å². The van der Waals surface area contributed by atoms with E-state index in [0.29, 0.717) is 0 Å². The minimum absolute atomic E-state index is 0.560. The van der Waals surface area contributed by atoms with Crippen LogP contribution in [-0.2, 0) is 6.42 Å². The normalized spacial score (nSPS) is 14.5. The Bertz CT molecular complexity index is 318. The van der Waals surface area contributed by atoms with Crippen molar-refractivity contribution in [1.82, 2.24) is 0 Å². The molecule has 0 fully saturated rings. The molecule has 0 spiro atoms. The van der Waals surface area contributed by atoms with Crippen molar-refractivity contribution in [3.63, 3.8) is 0 Å². The molecule has 1 N–H and O–H groups in total. The molecule has 0 saturated heterocycles. The van der Waals surface area contributed by atoms with E-state index in [4.69, 9.17) is 4.74 Å². The smallest absolute Gasteiger partial charge is 0.122 e. The zero-order chi connectivity index (χ0) is 12.0. The van der Waals surface area contributed by atoms with E-state index in [9.17, 15) is 5.11 Å². The molecule has 0 aromatic heterocycles. The molecule has 90 valence electrons. The summed E-state index contributed by atoms with van der Waals surface area (Å²) >= 11 is 0. The van der Waals surface area contributed by atoms with Crippen molar-refractivity contribution >= 4 is 0 Å². The van der Waals surface area contributed by atoms with Crippen LogP contribution in [0.5, 0.6) is 5.75 Å². The molecule has 2 heteroatoms. The van der Waals surface area contributed by atoms with Crippen molar-refractivity contribution in [3.05, 3.63) is 29.8 Å². The number of aryl methyl sites for hydroxylation is 1. The van der Waals surface area contributed by atoms with E-state index in [-0.39, 0.29) is 0 Å². The van der Waals surface area contributed by atoms with Crippen molar-refractivity contribution in [2.24, 2.45) is 0 Å². The first-order valence-electron chi connectivity index (χ1n) is 5.93. The molecule has 0 amide bonds. The highest BCUT2D eigenvalue weighted by Crippen LogP contribution is 2.24. The van der Waals surface area contributed by atoms with E-state index >= 15 is 0 Å². The second-order valence-electron chi connectivity index (χ2n) is 4.56. The fraction of sp³-hybridized carbons (Fsp3) is 0.571. The van der Waals surface area contributed by atoms with Gasteiger partial charge in [-0.15, -0.1) is 0 Å². The van der Waals surface area contributed by atoms with Gasteiger partial charge < -0.3 is 9.84 Å². The van der Waals surface area contributed by atoms with Gasteiger partial charge in [0.1, 0.15) is 5.75 Å². The van der Waals surface area contributed by atoms with Crippen molar-refractivity contribution < 1.29 is 9.84 Å². The van der Waals surface area contributed by atoms with Crippen molar-refractivity contribution in [1.29, 1.82) is 0 Å². The summed E-state index contributed by atoms with van der Waals surface area (Å²) in [6.07, 6.45) is 3.50. The lowest BCUT2D eigenvalue weighted by Crippen LogP contribution is -2.24. The fourth-order valence-electron chi connectivity index (χ4n) is 1.98. The fourth-order valence-corrected chi connectivity index (χ4v) is 1.98. The number of hydrogen-bond acceptors (Lipinski definition) is 2. The Balaban J connectivity index is 2.60. The highest BCUT2D eigenvalue weighted by atomic mass is 16.5. The molecular formula is C14H22O2. The number of methoxy groups -OCH3 is 1. The number of hydrogen-bond donors (Lipinski definition) is 1. The zero-order valence-corrected chi connectivity index (χ0v) is 10.5. The Morgan fingerprint density at radius 1 is 1.25 bits per heavy atom. The summed E-state index contributed by atoms with van der Waals surface area (Å²) in [7, 11) is 1.68. The van der Waals surface area contributed by atoms with E-state index in [0.717, 1.165) is 31.4 Å². The molecule has 1 rings (SSSR count). The highest BCUT2D eigenvalue weighted by molar-refractivity contribution is 5.33. The van der Waals surface area contributed by atoms with E-state index in [1.54, 1.807) is 7.11 Å². The first-order valence-corrected chi connectivity index (χ1v) is 5.93. The molecule has 0 saturated carbocycles. The molecule has 1 aromatic rings. The first kappa shape index (κ1) is 13.0. The van der Waals surface area contributed by atoms with Crippen LogP contribution in [-0.4, -0.2) is 17.8 Å². The van der Waals surface area contributed by atoms with Gasteiger partial charge >= 0.3 is 0 Å². The third-order valence-electron chi connectivity index (χ3n) is 2.91. The molecular weight excluding hydrogens is 200 g/mol. The topological polar surface area (TPSA) is 29.5 Å². The van der Waals surface area contributed by atoms with Crippen LogP contribution in [0.25, 0.3) is 0 Å². The van der Waals surface area contributed by atoms with Gasteiger partial charge in [-0.3, -0.25) is 0 Å². The first-order chi connectivity index (χ1) is 7.59. The summed E-state index contributed by atoms with van der Waals surface area (Å²) in [5, 5.41) is 10.1. The molecule has 0 bridgehead atoms. The second-order valence-corrected chi connectivity index (χ2v) is 4.56. The van der Waals surface area contributed by atoms with E-state index < -0.39 is 5.60 Å². The number of rotatable bonds is 6. The lowest BCUT2D eigenvalue weighted by molar-refractivity contribution is 0.0414. The molecule has 0 heterocycles. The van der Waals surface area contributed by atoms with Gasteiger partial charge in [-0.25, -0.2) is 0 Å². The molecule has 2 nitrogen and oxygen atoms in total. The second kappa shape index (κ2) is 5.90. The Morgan fingerprint density at radius 2 is 1.94 bits per heavy atom. The minimum atomic E-state index is -0.560. The number of para-hydroxylation sites is 1. The van der Waals surface area contributed by atoms with Crippen LogP contribution in [0.4, 0.5) is 0 Å². The molecule has 16 heavy (non-hydrogen) atoms. The molecule has 0 aliphatic carbocycles. The van der Waals surface area contributed by atoms with Gasteiger partial charge in [0.15, 0.2) is 0 Å². The largest absolute Gasteiger partial charge is 0.496 e. The number of ether oxygens (including phenoxy) is 1. The maximum Gasteiger partial charge on any atom is 0.122 e. The van der Waals surface area contributed by atoms with Crippen LogP contribution in [0.2, 0.25) is 0 Å². The lowest BCUT2D eigenvalue weighted by Gasteiger charge is -2.22. The lowest BCUT2D eigenvalue weighted by atomic mass is 9.92. The van der Waals surface area contributed by atoms with Gasteiger partial charge in [-0.05, 0) is 37.8 Å². The summed E-state index contributed by atoms with van der Waals surface area (Å²) in [6, 6.07) is 7.99. The molecule has 0 aliphatic heterocycles. The standard InChI is InChI=1S/C14H22O2/c1-4-10-14(2,15)11-9-12-7-5-6-8-13(12)16-3/h5-8,15H,4,9-11H2,1-3H3. The predicted molar refractivity (Wildman–Crippen MR) is 66.8 cm³/mol. The van der Waals surface area contributed by atoms with Gasteiger partial charge in [0, 0.05) is 0 Å². The molecule has 1 aromatic carbocycles. The predicted octanol–water partition coefficient (Wildman–Crippen LogP) is 3.18. The van der Waals surface area contributed by atoms with Gasteiger partial charge in [-0.2, -0.15) is 0 Å². The van der Waals surface area contributed by atoms with Crippen LogP contribution >= 0.6 is 0 Å². The number of aliphatic hydroxyl groups is 1. The van der Waals surface area contributed by atoms with Crippen LogP contribution < -0.4 is 4.74 Å². The van der Waals surface area contributed by atoms with Crippen LogP contribution in [0.1, 0.15) is 38.7 Å². The summed E-state index contributed by atoms with van der Waals surface area (Å²) in [6.45, 7) is 4.00. The van der Waals surface area contributed by atoms with Crippen LogP contribution in [0.15, 0.2) is 24.3 Å². The Morgan fingerprint density at radius 3 is 2.56 bits per heavy atom. The Kier molecular flexibility index (Phi) is 4.81. The monoisotopic (exact) mass is 222 g/mol. The average Bonchev–Trinajstić information content (AvgIpc) is 2.27. The summed E-state index contributed by atoms with van der Waals surface area (Å²) < 4.78 is 5.29. The summed E-state index contributed by atoms with van der Waals surface area (Å²) in [5.74, 6) is 0.912. The average molecular weight is 222 g/mol. The summed E-state index contributed by atoms with van der Waals surface area (Å²) in [4.78, 5) is 0. The summed E-state index contributed by atoms with van der Waals surface area (Å²) in [5.41, 5.74) is 0.608. The van der Waals surface area contributed by atoms with Gasteiger partial charge in [0.25, 0.3) is 0 Å². The maximum atomic E-state index is 10.1. The molecule has 1 unspecified atom stereocenters. The minimum Gasteiger partial charge on any atom is -0.496 e. The van der Waals surface area contributed by atoms with Gasteiger partial charge in [0.2, 0.25) is 0 Å². The highest BCUT2D eigenvalue weighted by Gasteiger charge is 2.19.